The van der Waals surface area contributed by atoms with Gasteiger partial charge in [0.15, 0.2) is 11.5 Å². The summed E-state index contributed by atoms with van der Waals surface area (Å²) in [5.41, 5.74) is 0.205. The fraction of sp³-hybridized carbons (Fsp3) is 0.133. The molecule has 4 N–H and O–H groups in total. The molecule has 0 aliphatic rings. The van der Waals surface area contributed by atoms with Gasteiger partial charge in [-0.25, -0.2) is 4.79 Å². The van der Waals surface area contributed by atoms with Crippen LogP contribution < -0.4 is 10.7 Å². The van der Waals surface area contributed by atoms with Crippen molar-refractivity contribution in [3.8, 4) is 5.75 Å². The first-order valence-electron chi connectivity index (χ1n) is 6.40. The van der Waals surface area contributed by atoms with E-state index in [0.717, 1.165) is 0 Å². The van der Waals surface area contributed by atoms with E-state index in [9.17, 15) is 24.6 Å². The van der Waals surface area contributed by atoms with Crippen LogP contribution in [0.15, 0.2) is 41.3 Å². The van der Waals surface area contributed by atoms with Crippen molar-refractivity contribution in [1.29, 1.82) is 0 Å². The third kappa shape index (κ3) is 3.32. The van der Waals surface area contributed by atoms with E-state index in [4.69, 9.17) is 0 Å². The zero-order valence-electron chi connectivity index (χ0n) is 11.7. The van der Waals surface area contributed by atoms with E-state index in [0.29, 0.717) is 5.69 Å². The predicted octanol–water partition coefficient (Wildman–Crippen LogP) is 0.945. The van der Waals surface area contributed by atoms with Gasteiger partial charge in [0.2, 0.25) is 0 Å². The molecule has 2 rings (SSSR count). The second-order valence-corrected chi connectivity index (χ2v) is 4.73. The Morgan fingerprint density at radius 3 is 2.41 bits per heavy atom. The Bertz CT molecular complexity index is 764. The number of rotatable bonds is 4. The van der Waals surface area contributed by atoms with Crippen molar-refractivity contribution in [1.82, 2.24) is 10.3 Å². The van der Waals surface area contributed by atoms with Gasteiger partial charge in [0.1, 0.15) is 11.3 Å². The lowest BCUT2D eigenvalue weighted by Gasteiger charge is -2.14. The van der Waals surface area contributed by atoms with Crippen LogP contribution in [0.1, 0.15) is 27.7 Å². The van der Waals surface area contributed by atoms with E-state index in [2.05, 4.69) is 10.3 Å². The normalized spacial score (nSPS) is 11.7. The smallest absolute Gasteiger partial charge is 0.330 e. The Kier molecular flexibility index (Phi) is 4.26. The van der Waals surface area contributed by atoms with E-state index in [1.165, 1.54) is 36.5 Å². The highest BCUT2D eigenvalue weighted by Gasteiger charge is 2.23. The maximum atomic E-state index is 12.1. The minimum absolute atomic E-state index is 0.0193. The standard InChI is InChI=1S/C15H14N2O5/c1-8-6-12(19)11(7-16-8)14(20)17-13(15(21)22)9-2-4-10(18)5-3-9/h2-7,13,18H,1H3,(H,16,19)(H,17,20)(H,21,22)/t13-/m1/s1. The number of aromatic hydroxyl groups is 1. The van der Waals surface area contributed by atoms with Crippen molar-refractivity contribution in [2.24, 2.45) is 0 Å². The molecule has 0 saturated carbocycles. The fourth-order valence-electron chi connectivity index (χ4n) is 1.91. The molecule has 1 heterocycles. The highest BCUT2D eigenvalue weighted by Crippen LogP contribution is 2.17. The van der Waals surface area contributed by atoms with Crippen molar-refractivity contribution in [3.05, 3.63) is 63.6 Å². The first-order chi connectivity index (χ1) is 10.4. The summed E-state index contributed by atoms with van der Waals surface area (Å²) in [5.74, 6) is -2.08. The van der Waals surface area contributed by atoms with Crippen LogP contribution >= 0.6 is 0 Å². The minimum atomic E-state index is -1.33. The van der Waals surface area contributed by atoms with Crippen molar-refractivity contribution in [2.45, 2.75) is 13.0 Å². The molecular formula is C15H14N2O5. The summed E-state index contributed by atoms with van der Waals surface area (Å²) in [6, 6.07) is 5.33. The highest BCUT2D eigenvalue weighted by molar-refractivity contribution is 5.96. The van der Waals surface area contributed by atoms with Gasteiger partial charge in [0.25, 0.3) is 5.91 Å². The molecule has 1 aromatic carbocycles. The van der Waals surface area contributed by atoms with Gasteiger partial charge in [0, 0.05) is 18.0 Å². The van der Waals surface area contributed by atoms with E-state index in [1.54, 1.807) is 6.92 Å². The van der Waals surface area contributed by atoms with Gasteiger partial charge in [-0.05, 0) is 24.6 Å². The number of aryl methyl sites for hydroxylation is 1. The number of hydrogen-bond acceptors (Lipinski definition) is 4. The van der Waals surface area contributed by atoms with E-state index in [1.807, 2.05) is 0 Å². The number of pyridine rings is 1. The monoisotopic (exact) mass is 302 g/mol. The number of aliphatic carboxylic acids is 1. The molecule has 0 aliphatic carbocycles. The van der Waals surface area contributed by atoms with Crippen LogP contribution in [0.4, 0.5) is 0 Å². The predicted molar refractivity (Wildman–Crippen MR) is 77.7 cm³/mol. The highest BCUT2D eigenvalue weighted by atomic mass is 16.4. The molecule has 22 heavy (non-hydrogen) atoms. The van der Waals surface area contributed by atoms with Gasteiger partial charge in [-0.3, -0.25) is 9.59 Å². The third-order valence-electron chi connectivity index (χ3n) is 3.05. The quantitative estimate of drug-likeness (QED) is 0.670. The van der Waals surface area contributed by atoms with Crippen LogP contribution in [0.5, 0.6) is 5.75 Å². The second-order valence-electron chi connectivity index (χ2n) is 4.73. The largest absolute Gasteiger partial charge is 0.508 e. The van der Waals surface area contributed by atoms with Crippen LogP contribution in [0.3, 0.4) is 0 Å². The number of nitrogens with one attached hydrogen (secondary N) is 2. The third-order valence-corrected chi connectivity index (χ3v) is 3.05. The number of carbonyl (C=O) groups excluding carboxylic acids is 1. The molecule has 0 bridgehead atoms. The molecule has 1 atom stereocenters. The number of carbonyl (C=O) groups is 2. The molecule has 1 aromatic heterocycles. The van der Waals surface area contributed by atoms with Crippen LogP contribution in [0.2, 0.25) is 0 Å². The molecule has 0 fully saturated rings. The number of H-pyrrole nitrogens is 1. The number of aromatic nitrogens is 1. The van der Waals surface area contributed by atoms with Crippen molar-refractivity contribution < 1.29 is 19.8 Å². The van der Waals surface area contributed by atoms with Gasteiger partial charge in [-0.2, -0.15) is 0 Å². The van der Waals surface area contributed by atoms with Crippen LogP contribution in [-0.4, -0.2) is 27.1 Å². The topological polar surface area (TPSA) is 119 Å². The van der Waals surface area contributed by atoms with Gasteiger partial charge in [-0.1, -0.05) is 12.1 Å². The SMILES string of the molecule is Cc1cc(=O)c(C(=O)N[C@@H](C(=O)O)c2ccc(O)cc2)c[nH]1. The number of carboxylic acids is 1. The van der Waals surface area contributed by atoms with Gasteiger partial charge in [0.05, 0.1) is 0 Å². The number of aromatic amines is 1. The summed E-state index contributed by atoms with van der Waals surface area (Å²) in [6.45, 7) is 1.67. The Hall–Kier alpha value is -3.09. The Morgan fingerprint density at radius 1 is 1.23 bits per heavy atom. The molecule has 0 radical (unpaired) electrons. The fourth-order valence-corrected chi connectivity index (χ4v) is 1.91. The molecule has 7 nitrogen and oxygen atoms in total. The Labute approximate surface area is 125 Å². The summed E-state index contributed by atoms with van der Waals surface area (Å²) in [7, 11) is 0. The Morgan fingerprint density at radius 2 is 1.86 bits per heavy atom. The average molecular weight is 302 g/mol. The zero-order valence-corrected chi connectivity index (χ0v) is 11.7. The molecule has 0 spiro atoms. The number of phenolic OH excluding ortho intramolecular Hbond substituents is 1. The minimum Gasteiger partial charge on any atom is -0.508 e. The first-order valence-corrected chi connectivity index (χ1v) is 6.40. The number of benzene rings is 1. The maximum Gasteiger partial charge on any atom is 0.330 e. The molecule has 1 amide bonds. The van der Waals surface area contributed by atoms with E-state index < -0.39 is 23.3 Å². The number of amides is 1. The van der Waals surface area contributed by atoms with Crippen molar-refractivity contribution in [3.63, 3.8) is 0 Å². The molecule has 0 unspecified atom stereocenters. The molecule has 7 heteroatoms. The lowest BCUT2D eigenvalue weighted by molar-refractivity contribution is -0.139. The summed E-state index contributed by atoms with van der Waals surface area (Å²) >= 11 is 0. The average Bonchev–Trinajstić information content (AvgIpc) is 2.45. The molecule has 0 aliphatic heterocycles. The zero-order chi connectivity index (χ0) is 16.3. The van der Waals surface area contributed by atoms with Gasteiger partial charge >= 0.3 is 5.97 Å². The first kappa shape index (κ1) is 15.3. The van der Waals surface area contributed by atoms with Crippen molar-refractivity contribution >= 4 is 11.9 Å². The maximum absolute atomic E-state index is 12.1. The van der Waals surface area contributed by atoms with Crippen LogP contribution in [0, 0.1) is 6.92 Å². The molecule has 0 saturated heterocycles. The van der Waals surface area contributed by atoms with Gasteiger partial charge in [-0.15, -0.1) is 0 Å². The Balaban J connectivity index is 2.28. The number of hydrogen-bond donors (Lipinski definition) is 4. The summed E-state index contributed by atoms with van der Waals surface area (Å²) in [5, 5.41) is 20.7. The van der Waals surface area contributed by atoms with Gasteiger partial charge < -0.3 is 20.5 Å². The second kappa shape index (κ2) is 6.13. The lowest BCUT2D eigenvalue weighted by atomic mass is 10.1. The van der Waals surface area contributed by atoms with E-state index >= 15 is 0 Å². The van der Waals surface area contributed by atoms with Crippen molar-refractivity contribution in [2.75, 3.05) is 0 Å². The van der Waals surface area contributed by atoms with Crippen LogP contribution in [-0.2, 0) is 4.79 Å². The van der Waals surface area contributed by atoms with E-state index in [-0.39, 0.29) is 16.9 Å². The summed E-state index contributed by atoms with van der Waals surface area (Å²) in [4.78, 5) is 37.9. The van der Waals surface area contributed by atoms with Crippen LogP contribution in [0.25, 0.3) is 0 Å². The lowest BCUT2D eigenvalue weighted by Crippen LogP contribution is -2.36. The summed E-state index contributed by atoms with van der Waals surface area (Å²) < 4.78 is 0. The molecule has 2 aromatic rings. The number of phenols is 1. The molecule has 114 valence electrons. The molecular weight excluding hydrogens is 288 g/mol. The number of carboxylic acid groups (broad SMARTS) is 1. The summed E-state index contributed by atoms with van der Waals surface area (Å²) in [6.07, 6.45) is 1.24.